The first-order valence-corrected chi connectivity index (χ1v) is 7.43. The monoisotopic (exact) mass is 284 g/mol. The van der Waals surface area contributed by atoms with Crippen LogP contribution in [0, 0.1) is 11.8 Å². The van der Waals surface area contributed by atoms with Crippen LogP contribution >= 0.6 is 0 Å². The first-order chi connectivity index (χ1) is 9.49. The van der Waals surface area contributed by atoms with Crippen LogP contribution < -0.4 is 0 Å². The SMILES string of the molecule is CC(O)C1CCN(C(=O)N2CCC[C@H](C(=O)O)C2)CC1. The molecule has 2 atom stereocenters. The highest BCUT2D eigenvalue weighted by Crippen LogP contribution is 2.23. The van der Waals surface area contributed by atoms with Crippen molar-refractivity contribution < 1.29 is 19.8 Å². The number of carbonyl (C=O) groups excluding carboxylic acids is 1. The molecule has 0 spiro atoms. The van der Waals surface area contributed by atoms with E-state index in [1.54, 1.807) is 16.7 Å². The lowest BCUT2D eigenvalue weighted by atomic mass is 9.92. The summed E-state index contributed by atoms with van der Waals surface area (Å²) < 4.78 is 0. The fourth-order valence-electron chi connectivity index (χ4n) is 3.13. The van der Waals surface area contributed by atoms with E-state index in [0.717, 1.165) is 19.3 Å². The molecule has 0 radical (unpaired) electrons. The van der Waals surface area contributed by atoms with Crippen LogP contribution in [0.25, 0.3) is 0 Å². The number of aliphatic carboxylic acids is 1. The zero-order chi connectivity index (χ0) is 14.7. The average molecular weight is 284 g/mol. The van der Waals surface area contributed by atoms with Gasteiger partial charge in [0.05, 0.1) is 12.0 Å². The van der Waals surface area contributed by atoms with Gasteiger partial charge in [-0.05, 0) is 38.5 Å². The minimum atomic E-state index is -0.810. The summed E-state index contributed by atoms with van der Waals surface area (Å²) in [6, 6.07) is -0.0417. The van der Waals surface area contributed by atoms with E-state index in [1.807, 2.05) is 0 Å². The Morgan fingerprint density at radius 2 is 1.75 bits per heavy atom. The van der Waals surface area contributed by atoms with Gasteiger partial charge >= 0.3 is 12.0 Å². The van der Waals surface area contributed by atoms with Gasteiger partial charge in [-0.2, -0.15) is 0 Å². The smallest absolute Gasteiger partial charge is 0.320 e. The minimum absolute atomic E-state index is 0.0417. The Morgan fingerprint density at radius 1 is 1.10 bits per heavy atom. The van der Waals surface area contributed by atoms with Gasteiger partial charge in [0.15, 0.2) is 0 Å². The predicted molar refractivity (Wildman–Crippen MR) is 73.3 cm³/mol. The summed E-state index contributed by atoms with van der Waals surface area (Å²) in [4.78, 5) is 26.9. The van der Waals surface area contributed by atoms with Gasteiger partial charge in [0, 0.05) is 26.2 Å². The number of urea groups is 1. The third kappa shape index (κ3) is 3.42. The molecule has 0 aromatic carbocycles. The summed E-state index contributed by atoms with van der Waals surface area (Å²) in [5, 5.41) is 18.6. The van der Waals surface area contributed by atoms with Crippen molar-refractivity contribution in [2.75, 3.05) is 26.2 Å². The highest BCUT2D eigenvalue weighted by Gasteiger charge is 2.32. The van der Waals surface area contributed by atoms with Gasteiger partial charge in [-0.15, -0.1) is 0 Å². The van der Waals surface area contributed by atoms with Crippen molar-refractivity contribution in [1.82, 2.24) is 9.80 Å². The second-order valence-corrected chi connectivity index (χ2v) is 5.97. The van der Waals surface area contributed by atoms with Crippen LogP contribution in [0.5, 0.6) is 0 Å². The van der Waals surface area contributed by atoms with E-state index in [1.165, 1.54) is 0 Å². The van der Waals surface area contributed by atoms with Crippen LogP contribution in [-0.4, -0.2) is 64.3 Å². The maximum absolute atomic E-state index is 12.4. The van der Waals surface area contributed by atoms with Crippen LogP contribution in [0.4, 0.5) is 4.79 Å². The number of carboxylic acid groups (broad SMARTS) is 1. The highest BCUT2D eigenvalue weighted by molar-refractivity contribution is 5.76. The normalized spacial score (nSPS) is 26.4. The number of aliphatic hydroxyl groups excluding tert-OH is 1. The van der Waals surface area contributed by atoms with Gasteiger partial charge < -0.3 is 20.0 Å². The number of aliphatic hydroxyl groups is 1. The molecule has 2 amide bonds. The van der Waals surface area contributed by atoms with E-state index >= 15 is 0 Å². The number of likely N-dealkylation sites (tertiary alicyclic amines) is 2. The van der Waals surface area contributed by atoms with Crippen LogP contribution in [0.15, 0.2) is 0 Å². The molecule has 20 heavy (non-hydrogen) atoms. The summed E-state index contributed by atoms with van der Waals surface area (Å²) in [7, 11) is 0. The molecule has 0 saturated carbocycles. The first-order valence-electron chi connectivity index (χ1n) is 7.43. The van der Waals surface area contributed by atoms with E-state index < -0.39 is 11.9 Å². The van der Waals surface area contributed by atoms with Gasteiger partial charge in [-0.1, -0.05) is 0 Å². The second kappa shape index (κ2) is 6.43. The Hall–Kier alpha value is -1.30. The molecule has 2 saturated heterocycles. The van der Waals surface area contributed by atoms with Gasteiger partial charge in [0.1, 0.15) is 0 Å². The number of piperidine rings is 2. The maximum Gasteiger partial charge on any atom is 0.320 e. The lowest BCUT2D eigenvalue weighted by molar-refractivity contribution is -0.143. The summed E-state index contributed by atoms with van der Waals surface area (Å²) in [6.07, 6.45) is 2.73. The Morgan fingerprint density at radius 3 is 2.30 bits per heavy atom. The van der Waals surface area contributed by atoms with Gasteiger partial charge in [-0.25, -0.2) is 4.79 Å². The third-order valence-corrected chi connectivity index (χ3v) is 4.53. The Bertz CT molecular complexity index is 364. The summed E-state index contributed by atoms with van der Waals surface area (Å²) in [6.45, 7) is 4.08. The van der Waals surface area contributed by atoms with Gasteiger partial charge in [0.25, 0.3) is 0 Å². The first kappa shape index (κ1) is 15.1. The number of carboxylic acids is 1. The fraction of sp³-hybridized carbons (Fsp3) is 0.857. The van der Waals surface area contributed by atoms with Gasteiger partial charge in [-0.3, -0.25) is 4.79 Å². The molecule has 6 nitrogen and oxygen atoms in total. The number of amides is 2. The number of hydrogen-bond donors (Lipinski definition) is 2. The highest BCUT2D eigenvalue weighted by atomic mass is 16.4. The molecule has 1 unspecified atom stereocenters. The quantitative estimate of drug-likeness (QED) is 0.792. The molecule has 0 aromatic heterocycles. The molecular weight excluding hydrogens is 260 g/mol. The fourth-order valence-corrected chi connectivity index (χ4v) is 3.13. The van der Waals surface area contributed by atoms with E-state index in [-0.39, 0.29) is 18.1 Å². The standard InChI is InChI=1S/C14H24N2O4/c1-10(17)11-4-7-15(8-5-11)14(20)16-6-2-3-12(9-16)13(18)19/h10-12,17H,2-9H2,1H3,(H,18,19)/t10?,12-/m0/s1. The maximum atomic E-state index is 12.4. The molecule has 2 heterocycles. The number of nitrogens with zero attached hydrogens (tertiary/aromatic N) is 2. The van der Waals surface area contributed by atoms with Gasteiger partial charge in [0.2, 0.25) is 0 Å². The van der Waals surface area contributed by atoms with Crippen molar-refractivity contribution in [1.29, 1.82) is 0 Å². The van der Waals surface area contributed by atoms with Crippen LogP contribution in [0.1, 0.15) is 32.6 Å². The number of hydrogen-bond acceptors (Lipinski definition) is 3. The lowest BCUT2D eigenvalue weighted by Gasteiger charge is -2.38. The van der Waals surface area contributed by atoms with E-state index in [2.05, 4.69) is 0 Å². The second-order valence-electron chi connectivity index (χ2n) is 5.97. The minimum Gasteiger partial charge on any atom is -0.481 e. The van der Waals surface area contributed by atoms with Crippen molar-refractivity contribution in [2.24, 2.45) is 11.8 Å². The molecule has 0 aromatic rings. The third-order valence-electron chi connectivity index (χ3n) is 4.53. The molecular formula is C14H24N2O4. The Balaban J connectivity index is 1.87. The molecule has 2 rings (SSSR count). The van der Waals surface area contributed by atoms with Crippen molar-refractivity contribution in [2.45, 2.75) is 38.7 Å². The zero-order valence-electron chi connectivity index (χ0n) is 12.0. The van der Waals surface area contributed by atoms with E-state index in [0.29, 0.717) is 32.6 Å². The summed E-state index contributed by atoms with van der Waals surface area (Å²) >= 11 is 0. The number of rotatable bonds is 2. The molecule has 2 aliphatic rings. The van der Waals surface area contributed by atoms with Crippen molar-refractivity contribution in [3.63, 3.8) is 0 Å². The lowest BCUT2D eigenvalue weighted by Crippen LogP contribution is -2.51. The number of carbonyl (C=O) groups is 2. The van der Waals surface area contributed by atoms with Crippen LogP contribution in [-0.2, 0) is 4.79 Å². The molecule has 0 bridgehead atoms. The molecule has 6 heteroatoms. The van der Waals surface area contributed by atoms with Crippen molar-refractivity contribution in [3.05, 3.63) is 0 Å². The summed E-state index contributed by atoms with van der Waals surface area (Å²) in [5.74, 6) is -0.967. The molecule has 114 valence electrons. The molecule has 2 aliphatic heterocycles. The average Bonchev–Trinajstić information content (AvgIpc) is 2.46. The van der Waals surface area contributed by atoms with Crippen molar-refractivity contribution >= 4 is 12.0 Å². The topological polar surface area (TPSA) is 81.1 Å². The van der Waals surface area contributed by atoms with E-state index in [9.17, 15) is 14.7 Å². The van der Waals surface area contributed by atoms with Crippen LogP contribution in [0.2, 0.25) is 0 Å². The summed E-state index contributed by atoms with van der Waals surface area (Å²) in [5.41, 5.74) is 0. The molecule has 0 aliphatic carbocycles. The predicted octanol–water partition coefficient (Wildman–Crippen LogP) is 0.996. The van der Waals surface area contributed by atoms with Crippen LogP contribution in [0.3, 0.4) is 0 Å². The largest absolute Gasteiger partial charge is 0.481 e. The Kier molecular flexibility index (Phi) is 4.86. The molecule has 2 N–H and O–H groups in total. The molecule has 2 fully saturated rings. The zero-order valence-corrected chi connectivity index (χ0v) is 12.0. The van der Waals surface area contributed by atoms with Crippen molar-refractivity contribution in [3.8, 4) is 0 Å². The van der Waals surface area contributed by atoms with E-state index in [4.69, 9.17) is 5.11 Å². The Labute approximate surface area is 119 Å².